The molecule has 0 N–H and O–H groups in total. The molecule has 0 atom stereocenters. The van der Waals surface area contributed by atoms with Crippen LogP contribution in [0.3, 0.4) is 0 Å². The Balaban J connectivity index is 0.000000673. The van der Waals surface area contributed by atoms with Gasteiger partial charge < -0.3 is 17.4 Å². The molecule has 1 aromatic carbocycles. The molecular formula is C9H20O4Si3. The van der Waals surface area contributed by atoms with Crippen LogP contribution >= 0.6 is 0 Å². The molecule has 0 aliphatic heterocycles. The van der Waals surface area contributed by atoms with Gasteiger partial charge in [-0.1, -0.05) is 30.3 Å². The predicted molar refractivity (Wildman–Crippen MR) is 73.8 cm³/mol. The molecule has 1 rings (SSSR count). The van der Waals surface area contributed by atoms with Crippen molar-refractivity contribution in [2.45, 2.75) is 0 Å². The standard InChI is InChI=1S/C9H14O3Si.H6OSi2/c1-10-13(11-2,12-3)9-7-5-4-6-8-9;2-1-3/h4-8H,1-3H3;2-3H3. The minimum atomic E-state index is -2.59. The van der Waals surface area contributed by atoms with Crippen LogP contribution in [0.1, 0.15) is 0 Å². The first-order valence-electron chi connectivity index (χ1n) is 4.81. The molecule has 92 valence electrons. The summed E-state index contributed by atoms with van der Waals surface area (Å²) < 4.78 is 20.5. The van der Waals surface area contributed by atoms with Gasteiger partial charge >= 0.3 is 8.80 Å². The molecule has 7 heteroatoms. The highest BCUT2D eigenvalue weighted by atomic mass is 28.4. The molecule has 0 amide bonds. The van der Waals surface area contributed by atoms with Crippen molar-refractivity contribution in [1.29, 1.82) is 0 Å². The fraction of sp³-hybridized carbons (Fsp3) is 0.333. The van der Waals surface area contributed by atoms with Crippen molar-refractivity contribution < 1.29 is 17.4 Å². The van der Waals surface area contributed by atoms with E-state index in [-0.39, 0.29) is 0 Å². The molecular weight excluding hydrogens is 256 g/mol. The first kappa shape index (κ1) is 15.7. The molecule has 0 unspecified atom stereocenters. The van der Waals surface area contributed by atoms with Crippen LogP contribution in [0.5, 0.6) is 0 Å². The van der Waals surface area contributed by atoms with Gasteiger partial charge in [0.25, 0.3) is 0 Å². The van der Waals surface area contributed by atoms with E-state index in [2.05, 4.69) is 4.12 Å². The van der Waals surface area contributed by atoms with Crippen molar-refractivity contribution in [3.63, 3.8) is 0 Å². The Morgan fingerprint density at radius 2 is 1.25 bits per heavy atom. The van der Waals surface area contributed by atoms with Gasteiger partial charge in [-0.2, -0.15) is 0 Å². The summed E-state index contributed by atoms with van der Waals surface area (Å²) in [7, 11) is 4.08. The molecule has 0 aliphatic carbocycles. The summed E-state index contributed by atoms with van der Waals surface area (Å²) in [5.74, 6) is 0. The molecule has 0 aliphatic rings. The molecule has 0 saturated heterocycles. The van der Waals surface area contributed by atoms with Gasteiger partial charge in [-0.15, -0.1) is 0 Å². The number of hydrogen-bond acceptors (Lipinski definition) is 4. The van der Waals surface area contributed by atoms with E-state index in [1.54, 1.807) is 21.3 Å². The first-order valence-corrected chi connectivity index (χ1v) is 8.17. The topological polar surface area (TPSA) is 36.9 Å². The number of benzene rings is 1. The lowest BCUT2D eigenvalue weighted by Crippen LogP contribution is -2.54. The van der Waals surface area contributed by atoms with Crippen molar-refractivity contribution >= 4 is 35.0 Å². The highest BCUT2D eigenvalue weighted by Gasteiger charge is 2.40. The molecule has 16 heavy (non-hydrogen) atoms. The van der Waals surface area contributed by atoms with E-state index >= 15 is 0 Å². The Bertz CT molecular complexity index is 258. The van der Waals surface area contributed by atoms with E-state index < -0.39 is 8.80 Å². The Morgan fingerprint density at radius 1 is 0.875 bits per heavy atom. The molecule has 4 nitrogen and oxygen atoms in total. The van der Waals surface area contributed by atoms with Gasteiger partial charge in [-0.25, -0.2) is 0 Å². The van der Waals surface area contributed by atoms with E-state index in [4.69, 9.17) is 13.3 Å². The third kappa shape index (κ3) is 4.29. The third-order valence-electron chi connectivity index (χ3n) is 1.93. The zero-order chi connectivity index (χ0) is 12.4. The number of hydrogen-bond donors (Lipinski definition) is 0. The molecule has 0 saturated carbocycles. The van der Waals surface area contributed by atoms with Crippen molar-refractivity contribution in [3.05, 3.63) is 30.3 Å². The van der Waals surface area contributed by atoms with Gasteiger partial charge in [0, 0.05) is 26.5 Å². The van der Waals surface area contributed by atoms with E-state index in [9.17, 15) is 0 Å². The average molecular weight is 277 g/mol. The average Bonchev–Trinajstić information content (AvgIpc) is 2.34. The van der Waals surface area contributed by atoms with Gasteiger partial charge in [0.15, 0.2) is 0 Å². The Hall–Kier alpha value is -0.289. The Kier molecular flexibility index (Phi) is 8.66. The zero-order valence-corrected chi connectivity index (χ0v) is 15.5. The smallest absolute Gasteiger partial charge is 0.471 e. The Labute approximate surface area is 104 Å². The van der Waals surface area contributed by atoms with Crippen LogP contribution in [0.15, 0.2) is 30.3 Å². The van der Waals surface area contributed by atoms with Gasteiger partial charge in [0.05, 0.1) is 0 Å². The van der Waals surface area contributed by atoms with E-state index in [1.165, 1.54) is 0 Å². The summed E-state index contributed by atoms with van der Waals surface area (Å²) in [6.07, 6.45) is 0. The molecule has 0 radical (unpaired) electrons. The maximum absolute atomic E-state index is 5.32. The lowest BCUT2D eigenvalue weighted by Gasteiger charge is -2.24. The van der Waals surface area contributed by atoms with Crippen LogP contribution in [0, 0.1) is 0 Å². The third-order valence-corrected chi connectivity index (χ3v) is 4.59. The molecule has 0 heterocycles. The molecule has 1 aromatic rings. The minimum absolute atomic E-state index is 0.931. The fourth-order valence-electron chi connectivity index (χ4n) is 1.25. The molecule has 0 aromatic heterocycles. The Morgan fingerprint density at radius 3 is 1.56 bits per heavy atom. The minimum Gasteiger partial charge on any atom is -0.471 e. The molecule has 0 spiro atoms. The van der Waals surface area contributed by atoms with Crippen LogP contribution in [-0.2, 0) is 17.4 Å². The van der Waals surface area contributed by atoms with E-state index in [0.717, 1.165) is 26.2 Å². The normalized spacial score (nSPS) is 10.9. The van der Waals surface area contributed by atoms with Crippen molar-refractivity contribution in [2.24, 2.45) is 0 Å². The summed E-state index contributed by atoms with van der Waals surface area (Å²) in [6, 6.07) is 9.72. The largest absolute Gasteiger partial charge is 0.536 e. The highest BCUT2D eigenvalue weighted by Crippen LogP contribution is 2.05. The van der Waals surface area contributed by atoms with Crippen LogP contribution in [0.4, 0.5) is 0 Å². The summed E-state index contributed by atoms with van der Waals surface area (Å²) in [5.41, 5.74) is 0. The predicted octanol–water partition coefficient (Wildman–Crippen LogP) is -1.66. The van der Waals surface area contributed by atoms with Gasteiger partial charge in [-0.05, 0) is 0 Å². The fourth-order valence-corrected chi connectivity index (χ4v) is 3.05. The first-order chi connectivity index (χ1) is 7.70. The lowest BCUT2D eigenvalue weighted by atomic mass is 10.4. The molecule has 0 fully saturated rings. The summed E-state index contributed by atoms with van der Waals surface area (Å²) >= 11 is 0. The maximum Gasteiger partial charge on any atom is 0.536 e. The van der Waals surface area contributed by atoms with E-state index in [0.29, 0.717) is 0 Å². The number of rotatable bonds is 4. The second kappa shape index (κ2) is 8.82. The second-order valence-electron chi connectivity index (χ2n) is 2.94. The van der Waals surface area contributed by atoms with Crippen LogP contribution in [-0.4, -0.2) is 51.1 Å². The lowest BCUT2D eigenvalue weighted by molar-refractivity contribution is 0.140. The molecule has 0 bridgehead atoms. The SMILES string of the molecule is CO[Si](OC)(OC)c1ccccc1.[SiH3]O[SiH3]. The monoisotopic (exact) mass is 276 g/mol. The van der Waals surface area contributed by atoms with Crippen LogP contribution in [0.2, 0.25) is 0 Å². The van der Waals surface area contributed by atoms with Gasteiger partial charge in [0.2, 0.25) is 0 Å². The van der Waals surface area contributed by atoms with Crippen molar-refractivity contribution in [2.75, 3.05) is 21.3 Å². The van der Waals surface area contributed by atoms with Crippen molar-refractivity contribution in [1.82, 2.24) is 0 Å². The van der Waals surface area contributed by atoms with Crippen LogP contribution in [0.25, 0.3) is 0 Å². The summed E-state index contributed by atoms with van der Waals surface area (Å²) in [5, 5.41) is 0.975. The van der Waals surface area contributed by atoms with Crippen LogP contribution < -0.4 is 5.19 Å². The quantitative estimate of drug-likeness (QED) is 0.617. The zero-order valence-electron chi connectivity index (χ0n) is 10.5. The van der Waals surface area contributed by atoms with Crippen molar-refractivity contribution in [3.8, 4) is 0 Å². The summed E-state index contributed by atoms with van der Waals surface area (Å²) in [6.45, 7) is 0. The van der Waals surface area contributed by atoms with E-state index in [1.807, 2.05) is 30.3 Å². The maximum atomic E-state index is 5.32. The second-order valence-corrected chi connectivity index (χ2v) is 9.12. The summed E-state index contributed by atoms with van der Waals surface area (Å²) in [4.78, 5) is 0. The highest BCUT2D eigenvalue weighted by molar-refractivity contribution is 6.75. The van der Waals surface area contributed by atoms with Gasteiger partial charge in [0.1, 0.15) is 21.0 Å². The van der Waals surface area contributed by atoms with Gasteiger partial charge in [-0.3, -0.25) is 0 Å².